The van der Waals surface area contributed by atoms with E-state index in [0.717, 1.165) is 17.1 Å². The summed E-state index contributed by atoms with van der Waals surface area (Å²) in [5, 5.41) is 0. The molecule has 0 spiro atoms. The van der Waals surface area contributed by atoms with Gasteiger partial charge in [0.05, 0.1) is 11.9 Å². The number of H-pyrrole nitrogens is 1. The van der Waals surface area contributed by atoms with Gasteiger partial charge in [-0.2, -0.15) is 0 Å². The van der Waals surface area contributed by atoms with Gasteiger partial charge < -0.3 is 4.98 Å². The van der Waals surface area contributed by atoms with Crippen LogP contribution in [0, 0.1) is 6.92 Å². The zero-order valence-corrected chi connectivity index (χ0v) is 7.17. The third-order valence-electron chi connectivity index (χ3n) is 1.48. The van der Waals surface area contributed by atoms with Crippen LogP contribution < -0.4 is 0 Å². The second kappa shape index (κ2) is 3.72. The second-order valence-electron chi connectivity index (χ2n) is 2.50. The van der Waals surface area contributed by atoms with Crippen LogP contribution in [0.5, 0.6) is 0 Å². The van der Waals surface area contributed by atoms with Gasteiger partial charge in [-0.05, 0) is 12.5 Å². The normalized spacial score (nSPS) is 10.4. The summed E-state index contributed by atoms with van der Waals surface area (Å²) in [7, 11) is 0. The van der Waals surface area contributed by atoms with Crippen molar-refractivity contribution in [2.75, 3.05) is 0 Å². The zero-order chi connectivity index (χ0) is 8.97. The van der Waals surface area contributed by atoms with Crippen molar-refractivity contribution in [3.8, 4) is 0 Å². The van der Waals surface area contributed by atoms with Crippen LogP contribution in [0.1, 0.15) is 11.5 Å². The number of allylic oxidation sites excluding steroid dienone is 4. The molecular formula is C10H12N2. The van der Waals surface area contributed by atoms with Crippen molar-refractivity contribution >= 4 is 5.57 Å². The van der Waals surface area contributed by atoms with E-state index in [1.54, 1.807) is 12.3 Å². The first-order valence-electron chi connectivity index (χ1n) is 3.74. The lowest BCUT2D eigenvalue weighted by Crippen LogP contribution is -1.78. The number of imidazole rings is 1. The van der Waals surface area contributed by atoms with E-state index >= 15 is 0 Å². The summed E-state index contributed by atoms with van der Waals surface area (Å²) >= 11 is 0. The van der Waals surface area contributed by atoms with Gasteiger partial charge in [0, 0.05) is 0 Å². The van der Waals surface area contributed by atoms with E-state index in [-0.39, 0.29) is 0 Å². The number of aromatic amines is 1. The average Bonchev–Trinajstić information content (AvgIpc) is 2.47. The minimum absolute atomic E-state index is 0.901. The number of hydrogen-bond donors (Lipinski definition) is 1. The van der Waals surface area contributed by atoms with Gasteiger partial charge in [0.2, 0.25) is 0 Å². The Bertz CT molecular complexity index is 318. The largest absolute Gasteiger partial charge is 0.342 e. The number of nitrogens with zero attached hydrogens (tertiary/aromatic N) is 1. The molecule has 0 bridgehead atoms. The molecule has 2 nitrogen and oxygen atoms in total. The first kappa shape index (κ1) is 8.53. The molecule has 0 unspecified atom stereocenters. The van der Waals surface area contributed by atoms with Gasteiger partial charge in [-0.1, -0.05) is 31.4 Å². The van der Waals surface area contributed by atoms with Gasteiger partial charge in [0.15, 0.2) is 0 Å². The highest BCUT2D eigenvalue weighted by molar-refractivity contribution is 5.69. The topological polar surface area (TPSA) is 28.7 Å². The molecule has 0 saturated heterocycles. The Labute approximate surface area is 72.3 Å². The highest BCUT2D eigenvalue weighted by Gasteiger charge is 1.96. The Kier molecular flexibility index (Phi) is 2.64. The number of nitrogens with one attached hydrogen (secondary N) is 1. The molecule has 1 rings (SSSR count). The van der Waals surface area contributed by atoms with Crippen LogP contribution in [0.3, 0.4) is 0 Å². The summed E-state index contributed by atoms with van der Waals surface area (Å²) in [5.74, 6) is 0.901. The highest BCUT2D eigenvalue weighted by atomic mass is 14.9. The monoisotopic (exact) mass is 160 g/mol. The fourth-order valence-electron chi connectivity index (χ4n) is 0.858. The third kappa shape index (κ3) is 1.95. The van der Waals surface area contributed by atoms with E-state index in [0.29, 0.717) is 0 Å². The number of hydrogen-bond acceptors (Lipinski definition) is 1. The molecule has 2 heteroatoms. The molecule has 1 aromatic rings. The van der Waals surface area contributed by atoms with E-state index in [1.165, 1.54) is 0 Å². The maximum absolute atomic E-state index is 4.07. The molecule has 0 radical (unpaired) electrons. The second-order valence-corrected chi connectivity index (χ2v) is 2.50. The minimum atomic E-state index is 0.901. The van der Waals surface area contributed by atoms with Crippen LogP contribution in [0.4, 0.5) is 0 Å². The predicted octanol–water partition coefficient (Wildman–Crippen LogP) is 2.47. The fraction of sp³-hybridized carbons (Fsp3) is 0.100. The number of aryl methyl sites for hydroxylation is 1. The van der Waals surface area contributed by atoms with Gasteiger partial charge in [-0.3, -0.25) is 0 Å². The number of rotatable bonds is 3. The van der Waals surface area contributed by atoms with Gasteiger partial charge in [-0.15, -0.1) is 0 Å². The molecular weight excluding hydrogens is 148 g/mol. The SMILES string of the molecule is C=C/C=C\C(=C)c1cnc(C)[nH]1. The molecule has 0 aliphatic heterocycles. The highest BCUT2D eigenvalue weighted by Crippen LogP contribution is 2.10. The van der Waals surface area contributed by atoms with E-state index in [1.807, 2.05) is 19.1 Å². The summed E-state index contributed by atoms with van der Waals surface area (Å²) in [6.07, 6.45) is 7.22. The summed E-state index contributed by atoms with van der Waals surface area (Å²) in [6.45, 7) is 9.36. The van der Waals surface area contributed by atoms with E-state index in [9.17, 15) is 0 Å². The average molecular weight is 160 g/mol. The molecule has 62 valence electrons. The van der Waals surface area contributed by atoms with Crippen molar-refractivity contribution in [2.24, 2.45) is 0 Å². The minimum Gasteiger partial charge on any atom is -0.342 e. The van der Waals surface area contributed by atoms with Gasteiger partial charge in [-0.25, -0.2) is 4.98 Å². The van der Waals surface area contributed by atoms with Crippen LogP contribution in [-0.4, -0.2) is 9.97 Å². The standard InChI is InChI=1S/C10H12N2/c1-4-5-6-8(2)10-7-11-9(3)12-10/h4-7H,1-2H2,3H3,(H,11,12)/b6-5-. The van der Waals surface area contributed by atoms with Crippen molar-refractivity contribution in [1.82, 2.24) is 9.97 Å². The molecule has 0 amide bonds. The Morgan fingerprint density at radius 1 is 1.67 bits per heavy atom. The van der Waals surface area contributed by atoms with Crippen LogP contribution in [0.25, 0.3) is 5.57 Å². The van der Waals surface area contributed by atoms with E-state index < -0.39 is 0 Å². The summed E-state index contributed by atoms with van der Waals surface area (Å²) in [5.41, 5.74) is 1.86. The molecule has 0 aliphatic rings. The van der Waals surface area contributed by atoms with Crippen molar-refractivity contribution in [2.45, 2.75) is 6.92 Å². The lowest BCUT2D eigenvalue weighted by molar-refractivity contribution is 1.14. The summed E-state index contributed by atoms with van der Waals surface area (Å²) in [6, 6.07) is 0. The lowest BCUT2D eigenvalue weighted by Gasteiger charge is -1.92. The van der Waals surface area contributed by atoms with E-state index in [2.05, 4.69) is 23.1 Å². The van der Waals surface area contributed by atoms with Crippen LogP contribution in [0.15, 0.2) is 37.6 Å². The Morgan fingerprint density at radius 3 is 2.92 bits per heavy atom. The molecule has 0 aliphatic carbocycles. The van der Waals surface area contributed by atoms with Crippen LogP contribution >= 0.6 is 0 Å². The van der Waals surface area contributed by atoms with Crippen molar-refractivity contribution in [3.63, 3.8) is 0 Å². The molecule has 1 N–H and O–H groups in total. The molecule has 0 saturated carbocycles. The maximum Gasteiger partial charge on any atom is 0.103 e. The molecule has 1 aromatic heterocycles. The molecule has 1 heterocycles. The van der Waals surface area contributed by atoms with Crippen LogP contribution in [-0.2, 0) is 0 Å². The van der Waals surface area contributed by atoms with Gasteiger partial charge in [0.25, 0.3) is 0 Å². The quantitative estimate of drug-likeness (QED) is 0.676. The van der Waals surface area contributed by atoms with Crippen molar-refractivity contribution in [1.29, 1.82) is 0 Å². The van der Waals surface area contributed by atoms with Crippen LogP contribution in [0.2, 0.25) is 0 Å². The van der Waals surface area contributed by atoms with Crippen molar-refractivity contribution < 1.29 is 0 Å². The fourth-order valence-corrected chi connectivity index (χ4v) is 0.858. The number of aromatic nitrogens is 2. The third-order valence-corrected chi connectivity index (χ3v) is 1.48. The Balaban J connectivity index is 2.78. The predicted molar refractivity (Wildman–Crippen MR) is 51.7 cm³/mol. The van der Waals surface area contributed by atoms with Gasteiger partial charge in [0.1, 0.15) is 5.82 Å². The molecule has 0 fully saturated rings. The molecule has 12 heavy (non-hydrogen) atoms. The summed E-state index contributed by atoms with van der Waals surface area (Å²) < 4.78 is 0. The first-order valence-corrected chi connectivity index (χ1v) is 3.74. The zero-order valence-electron chi connectivity index (χ0n) is 7.17. The molecule has 0 atom stereocenters. The Hall–Kier alpha value is -1.57. The molecule has 0 aromatic carbocycles. The first-order chi connectivity index (χ1) is 5.74. The summed E-state index contributed by atoms with van der Waals surface area (Å²) in [4.78, 5) is 7.16. The van der Waals surface area contributed by atoms with Gasteiger partial charge >= 0.3 is 0 Å². The maximum atomic E-state index is 4.07. The van der Waals surface area contributed by atoms with Crippen molar-refractivity contribution in [3.05, 3.63) is 49.1 Å². The van der Waals surface area contributed by atoms with E-state index in [4.69, 9.17) is 0 Å². The smallest absolute Gasteiger partial charge is 0.103 e. The lowest BCUT2D eigenvalue weighted by atomic mass is 10.2. The Morgan fingerprint density at radius 2 is 2.42 bits per heavy atom.